The molecular weight excluding hydrogens is 374 g/mol. The van der Waals surface area contributed by atoms with Crippen LogP contribution in [-0.2, 0) is 16.0 Å². The van der Waals surface area contributed by atoms with E-state index in [2.05, 4.69) is 21.2 Å². The first kappa shape index (κ1) is 18.0. The predicted octanol–water partition coefficient (Wildman–Crippen LogP) is 2.97. The van der Waals surface area contributed by atoms with Crippen LogP contribution < -0.4 is 10.1 Å². The fraction of sp³-hybridized carbons (Fsp3) is 0.222. The van der Waals surface area contributed by atoms with Crippen LogP contribution in [0.3, 0.4) is 0 Å². The topological polar surface area (TPSA) is 64.6 Å². The van der Waals surface area contributed by atoms with Gasteiger partial charge in [-0.15, -0.1) is 0 Å². The van der Waals surface area contributed by atoms with Crippen molar-refractivity contribution in [1.29, 1.82) is 0 Å². The fourth-order valence-electron chi connectivity index (χ4n) is 2.23. The van der Waals surface area contributed by atoms with Crippen molar-refractivity contribution in [2.45, 2.75) is 12.5 Å². The highest BCUT2D eigenvalue weighted by molar-refractivity contribution is 9.10. The monoisotopic (exact) mass is 391 g/mol. The molecule has 0 saturated carbocycles. The number of halogens is 1. The third kappa shape index (κ3) is 4.58. The van der Waals surface area contributed by atoms with E-state index in [4.69, 9.17) is 9.47 Å². The SMILES string of the molecule is COC(=O)[C@H](Cc1ccccc1)NC(=O)c1ccc(Br)c(OC)c1. The van der Waals surface area contributed by atoms with Crippen LogP contribution >= 0.6 is 15.9 Å². The van der Waals surface area contributed by atoms with Gasteiger partial charge in [0.25, 0.3) is 5.91 Å². The van der Waals surface area contributed by atoms with Gasteiger partial charge in [-0.25, -0.2) is 4.79 Å². The van der Waals surface area contributed by atoms with Crippen LogP contribution in [-0.4, -0.2) is 32.1 Å². The molecule has 0 heterocycles. The third-order valence-electron chi connectivity index (χ3n) is 3.49. The molecule has 0 aliphatic rings. The highest BCUT2D eigenvalue weighted by Crippen LogP contribution is 2.25. The van der Waals surface area contributed by atoms with Gasteiger partial charge in [0.2, 0.25) is 0 Å². The number of benzene rings is 2. The molecule has 2 rings (SSSR count). The summed E-state index contributed by atoms with van der Waals surface area (Å²) in [5.41, 5.74) is 1.33. The molecule has 5 nitrogen and oxygen atoms in total. The Morgan fingerprint density at radius 2 is 1.83 bits per heavy atom. The zero-order chi connectivity index (χ0) is 17.5. The second-order valence-corrected chi connectivity index (χ2v) is 5.94. The van der Waals surface area contributed by atoms with Crippen molar-refractivity contribution in [2.75, 3.05) is 14.2 Å². The normalized spacial score (nSPS) is 11.5. The number of nitrogens with one attached hydrogen (secondary N) is 1. The van der Waals surface area contributed by atoms with Crippen LogP contribution in [0.4, 0.5) is 0 Å². The molecule has 24 heavy (non-hydrogen) atoms. The number of amides is 1. The standard InChI is InChI=1S/C18H18BrNO4/c1-23-16-11-13(8-9-14(16)19)17(21)20-15(18(22)24-2)10-12-6-4-3-5-7-12/h3-9,11,15H,10H2,1-2H3,(H,20,21)/t15-/m0/s1. The molecule has 1 atom stereocenters. The summed E-state index contributed by atoms with van der Waals surface area (Å²) in [7, 11) is 2.82. The van der Waals surface area contributed by atoms with Gasteiger partial charge in [-0.1, -0.05) is 30.3 Å². The lowest BCUT2D eigenvalue weighted by atomic mass is 10.1. The molecule has 0 aromatic heterocycles. The van der Waals surface area contributed by atoms with Crippen molar-refractivity contribution in [1.82, 2.24) is 5.32 Å². The summed E-state index contributed by atoms with van der Waals surface area (Å²) < 4.78 is 10.7. The van der Waals surface area contributed by atoms with Gasteiger partial charge in [0.15, 0.2) is 0 Å². The highest BCUT2D eigenvalue weighted by atomic mass is 79.9. The molecule has 0 bridgehead atoms. The van der Waals surface area contributed by atoms with Gasteiger partial charge < -0.3 is 14.8 Å². The number of ether oxygens (including phenoxy) is 2. The van der Waals surface area contributed by atoms with Crippen LogP contribution in [0, 0.1) is 0 Å². The first-order chi connectivity index (χ1) is 11.5. The maximum absolute atomic E-state index is 12.5. The molecule has 0 aliphatic heterocycles. The Balaban J connectivity index is 2.16. The number of hydrogen-bond acceptors (Lipinski definition) is 4. The first-order valence-electron chi connectivity index (χ1n) is 7.31. The Morgan fingerprint density at radius 1 is 1.12 bits per heavy atom. The fourth-order valence-corrected chi connectivity index (χ4v) is 2.64. The van der Waals surface area contributed by atoms with E-state index in [-0.39, 0.29) is 5.91 Å². The summed E-state index contributed by atoms with van der Waals surface area (Å²) >= 11 is 3.34. The van der Waals surface area contributed by atoms with E-state index < -0.39 is 12.0 Å². The third-order valence-corrected chi connectivity index (χ3v) is 4.14. The summed E-state index contributed by atoms with van der Waals surface area (Å²) in [6.45, 7) is 0. The maximum Gasteiger partial charge on any atom is 0.328 e. The average Bonchev–Trinajstić information content (AvgIpc) is 2.61. The van der Waals surface area contributed by atoms with E-state index in [0.717, 1.165) is 10.0 Å². The molecule has 1 amide bonds. The van der Waals surface area contributed by atoms with Crippen LogP contribution in [0.2, 0.25) is 0 Å². The Hall–Kier alpha value is -2.34. The summed E-state index contributed by atoms with van der Waals surface area (Å²) in [5.74, 6) is -0.316. The molecule has 0 fully saturated rings. The van der Waals surface area contributed by atoms with E-state index in [1.807, 2.05) is 30.3 Å². The summed E-state index contributed by atoms with van der Waals surface area (Å²) in [5, 5.41) is 2.72. The van der Waals surface area contributed by atoms with Crippen molar-refractivity contribution in [3.05, 3.63) is 64.1 Å². The molecule has 0 radical (unpaired) electrons. The average molecular weight is 392 g/mol. The van der Waals surface area contributed by atoms with Crippen LogP contribution in [0.25, 0.3) is 0 Å². The molecular formula is C18H18BrNO4. The second kappa shape index (κ2) is 8.49. The van der Waals surface area contributed by atoms with Gasteiger partial charge >= 0.3 is 5.97 Å². The lowest BCUT2D eigenvalue weighted by Gasteiger charge is -2.17. The van der Waals surface area contributed by atoms with Crippen LogP contribution in [0.1, 0.15) is 15.9 Å². The first-order valence-corrected chi connectivity index (χ1v) is 8.10. The molecule has 126 valence electrons. The van der Waals surface area contributed by atoms with Crippen molar-refractivity contribution in [3.63, 3.8) is 0 Å². The van der Waals surface area contributed by atoms with E-state index >= 15 is 0 Å². The summed E-state index contributed by atoms with van der Waals surface area (Å²) in [6.07, 6.45) is 0.354. The van der Waals surface area contributed by atoms with Gasteiger partial charge in [0.1, 0.15) is 11.8 Å². The van der Waals surface area contributed by atoms with E-state index in [1.165, 1.54) is 14.2 Å². The van der Waals surface area contributed by atoms with E-state index in [0.29, 0.717) is 17.7 Å². The Kier molecular flexibility index (Phi) is 6.37. The number of carbonyl (C=O) groups excluding carboxylic acids is 2. The Labute approximate surface area is 149 Å². The largest absolute Gasteiger partial charge is 0.496 e. The second-order valence-electron chi connectivity index (χ2n) is 5.09. The van der Waals surface area contributed by atoms with E-state index in [1.54, 1.807) is 18.2 Å². The Bertz CT molecular complexity index is 718. The molecule has 6 heteroatoms. The quantitative estimate of drug-likeness (QED) is 0.768. The number of esters is 1. The zero-order valence-corrected chi connectivity index (χ0v) is 15.0. The van der Waals surface area contributed by atoms with Gasteiger partial charge in [0.05, 0.1) is 18.7 Å². The summed E-state index contributed by atoms with van der Waals surface area (Å²) in [6, 6.07) is 13.7. The minimum atomic E-state index is -0.764. The predicted molar refractivity (Wildman–Crippen MR) is 94.1 cm³/mol. The zero-order valence-electron chi connectivity index (χ0n) is 13.4. The molecule has 1 N–H and O–H groups in total. The Morgan fingerprint density at radius 3 is 2.46 bits per heavy atom. The molecule has 0 unspecified atom stereocenters. The number of methoxy groups -OCH3 is 2. The molecule has 0 saturated heterocycles. The molecule has 0 spiro atoms. The van der Waals surface area contributed by atoms with Gasteiger partial charge in [-0.05, 0) is 39.7 Å². The van der Waals surface area contributed by atoms with Crippen LogP contribution in [0.5, 0.6) is 5.75 Å². The van der Waals surface area contributed by atoms with Crippen LogP contribution in [0.15, 0.2) is 53.0 Å². The number of hydrogen-bond donors (Lipinski definition) is 1. The van der Waals surface area contributed by atoms with Crippen molar-refractivity contribution < 1.29 is 19.1 Å². The van der Waals surface area contributed by atoms with Crippen molar-refractivity contribution in [3.8, 4) is 5.75 Å². The lowest BCUT2D eigenvalue weighted by Crippen LogP contribution is -2.43. The van der Waals surface area contributed by atoms with Crippen molar-refractivity contribution >= 4 is 27.8 Å². The molecule has 2 aromatic carbocycles. The lowest BCUT2D eigenvalue weighted by molar-refractivity contribution is -0.142. The number of rotatable bonds is 6. The van der Waals surface area contributed by atoms with Gasteiger partial charge in [-0.3, -0.25) is 4.79 Å². The molecule has 0 aliphatic carbocycles. The van der Waals surface area contributed by atoms with Crippen molar-refractivity contribution in [2.24, 2.45) is 0 Å². The van der Waals surface area contributed by atoms with E-state index in [9.17, 15) is 9.59 Å². The smallest absolute Gasteiger partial charge is 0.328 e. The van der Waals surface area contributed by atoms with Gasteiger partial charge in [-0.2, -0.15) is 0 Å². The minimum Gasteiger partial charge on any atom is -0.496 e. The molecule has 2 aromatic rings. The minimum absolute atomic E-state index is 0.354. The maximum atomic E-state index is 12.5. The highest BCUT2D eigenvalue weighted by Gasteiger charge is 2.23. The number of carbonyl (C=O) groups is 2. The van der Waals surface area contributed by atoms with Gasteiger partial charge in [0, 0.05) is 12.0 Å². The summed E-state index contributed by atoms with van der Waals surface area (Å²) in [4.78, 5) is 24.4.